The zero-order valence-electron chi connectivity index (χ0n) is 16.7. The number of carbonyl (C=O) groups is 2. The topological polar surface area (TPSA) is 51.1 Å². The molecule has 4 heteroatoms. The molecule has 2 saturated carbocycles. The molecule has 2 bridgehead atoms. The molecule has 2 aromatic carbocycles. The van der Waals surface area contributed by atoms with E-state index in [-0.39, 0.29) is 17.1 Å². The van der Waals surface area contributed by atoms with Crippen LogP contribution in [-0.2, 0) is 16.1 Å². The molecule has 28 heavy (non-hydrogen) atoms. The monoisotopic (exact) mass is 374 g/mol. The molecule has 1 aromatic heterocycles. The minimum atomic E-state index is -0.871. The number of Topliss-reactive ketones (excluding diaryl/α,β-unsaturated/α-hetero) is 1. The van der Waals surface area contributed by atoms with Crippen LogP contribution >= 0.6 is 0 Å². The lowest BCUT2D eigenvalue weighted by molar-refractivity contribution is -0.141. The number of anilines is 1. The second-order valence-corrected chi connectivity index (χ2v) is 8.94. The molecule has 3 aromatic rings. The highest BCUT2D eigenvalue weighted by molar-refractivity contribution is 6.15. The van der Waals surface area contributed by atoms with E-state index in [1.807, 2.05) is 12.1 Å². The van der Waals surface area contributed by atoms with Crippen molar-refractivity contribution in [2.75, 3.05) is 5.32 Å². The van der Waals surface area contributed by atoms with Crippen molar-refractivity contribution in [2.24, 2.45) is 16.7 Å². The quantitative estimate of drug-likeness (QED) is 0.645. The van der Waals surface area contributed by atoms with E-state index in [9.17, 15) is 9.59 Å². The van der Waals surface area contributed by atoms with Gasteiger partial charge in [-0.3, -0.25) is 9.59 Å². The van der Waals surface area contributed by atoms with Gasteiger partial charge in [0.1, 0.15) is 11.2 Å². The second-order valence-electron chi connectivity index (χ2n) is 8.94. The van der Waals surface area contributed by atoms with Gasteiger partial charge in [0.2, 0.25) is 5.91 Å². The molecule has 0 aliphatic heterocycles. The largest absolute Gasteiger partial charge is 0.341 e. The fourth-order valence-electron chi connectivity index (χ4n) is 5.92. The van der Waals surface area contributed by atoms with Crippen molar-refractivity contribution in [3.05, 3.63) is 42.5 Å². The predicted octanol–water partition coefficient (Wildman–Crippen LogP) is 5.15. The molecule has 0 saturated heterocycles. The van der Waals surface area contributed by atoms with Crippen molar-refractivity contribution in [3.8, 4) is 0 Å². The van der Waals surface area contributed by atoms with Gasteiger partial charge in [-0.05, 0) is 55.4 Å². The van der Waals surface area contributed by atoms with Gasteiger partial charge in [-0.25, -0.2) is 0 Å². The Morgan fingerprint density at radius 3 is 2.57 bits per heavy atom. The van der Waals surface area contributed by atoms with Crippen LogP contribution < -0.4 is 5.32 Å². The van der Waals surface area contributed by atoms with Crippen LogP contribution in [0, 0.1) is 16.7 Å². The van der Waals surface area contributed by atoms with E-state index in [2.05, 4.69) is 61.0 Å². The summed E-state index contributed by atoms with van der Waals surface area (Å²) in [6, 6.07) is 14.4. The predicted molar refractivity (Wildman–Crippen MR) is 112 cm³/mol. The molecule has 144 valence electrons. The second kappa shape index (κ2) is 5.69. The van der Waals surface area contributed by atoms with E-state index in [1.165, 1.54) is 10.9 Å². The third-order valence-corrected chi connectivity index (χ3v) is 7.63. The highest BCUT2D eigenvalue weighted by Crippen LogP contribution is 2.64. The van der Waals surface area contributed by atoms with Crippen LogP contribution in [-0.4, -0.2) is 16.3 Å². The van der Waals surface area contributed by atoms with Crippen LogP contribution in [0.4, 0.5) is 5.69 Å². The van der Waals surface area contributed by atoms with E-state index >= 15 is 0 Å². The fourth-order valence-corrected chi connectivity index (χ4v) is 5.92. The van der Waals surface area contributed by atoms with E-state index in [4.69, 9.17) is 0 Å². The first-order chi connectivity index (χ1) is 13.4. The molecular formula is C24H26N2O2. The molecule has 0 spiro atoms. The minimum Gasteiger partial charge on any atom is -0.341 e. The van der Waals surface area contributed by atoms with E-state index in [0.717, 1.165) is 29.6 Å². The summed E-state index contributed by atoms with van der Waals surface area (Å²) >= 11 is 0. The number of para-hydroxylation sites is 1. The Hall–Kier alpha value is -2.62. The Morgan fingerprint density at radius 1 is 1.14 bits per heavy atom. The first kappa shape index (κ1) is 17.5. The minimum absolute atomic E-state index is 0.120. The number of aromatic nitrogens is 1. The van der Waals surface area contributed by atoms with Gasteiger partial charge >= 0.3 is 0 Å². The molecule has 2 aliphatic rings. The van der Waals surface area contributed by atoms with Crippen molar-refractivity contribution >= 4 is 39.2 Å². The molecular weight excluding hydrogens is 348 g/mol. The lowest BCUT2D eigenvalue weighted by Gasteiger charge is -2.34. The number of hydrogen-bond donors (Lipinski definition) is 1. The van der Waals surface area contributed by atoms with E-state index in [1.54, 1.807) is 0 Å². The number of fused-ring (bicyclic) bond motifs is 5. The van der Waals surface area contributed by atoms with Gasteiger partial charge in [-0.2, -0.15) is 0 Å². The lowest BCUT2D eigenvalue weighted by atomic mass is 9.68. The lowest BCUT2D eigenvalue weighted by Crippen LogP contribution is -2.46. The molecule has 0 radical (unpaired) electrons. The summed E-state index contributed by atoms with van der Waals surface area (Å²) in [6.45, 7) is 7.22. The molecule has 5 rings (SSSR count). The number of aryl methyl sites for hydroxylation is 1. The number of ketones is 1. The number of hydrogen-bond acceptors (Lipinski definition) is 2. The van der Waals surface area contributed by atoms with Gasteiger partial charge in [0.15, 0.2) is 0 Å². The summed E-state index contributed by atoms with van der Waals surface area (Å²) in [4.78, 5) is 26.1. The van der Waals surface area contributed by atoms with Crippen molar-refractivity contribution < 1.29 is 9.59 Å². The number of benzene rings is 2. The average Bonchev–Trinajstić information content (AvgIpc) is 3.21. The van der Waals surface area contributed by atoms with Crippen molar-refractivity contribution in [1.29, 1.82) is 0 Å². The van der Waals surface area contributed by atoms with Crippen LogP contribution in [0.15, 0.2) is 42.5 Å². The molecule has 2 aliphatic carbocycles. The Bertz CT molecular complexity index is 1140. The standard InChI is InChI=1S/C24H26N2O2/c1-4-26-19-8-6-5-7-17(19)18-14-16(9-10-20(18)26)25-22(28)24-12-11-15(13-21(24)27)23(24,2)3/h5-10,14-15H,4,11-13H2,1-3H3,(H,25,28). The highest BCUT2D eigenvalue weighted by Gasteiger charge is 2.68. The van der Waals surface area contributed by atoms with Gasteiger partial charge in [-0.1, -0.05) is 32.0 Å². The number of amides is 1. The number of carbonyl (C=O) groups excluding carboxylic acids is 2. The maximum atomic E-state index is 13.3. The Labute approximate surface area is 164 Å². The highest BCUT2D eigenvalue weighted by atomic mass is 16.2. The summed E-state index contributed by atoms with van der Waals surface area (Å²) in [6.07, 6.45) is 2.19. The van der Waals surface area contributed by atoms with Crippen molar-refractivity contribution in [2.45, 2.75) is 46.6 Å². The summed E-state index contributed by atoms with van der Waals surface area (Å²) in [5, 5.41) is 5.42. The average molecular weight is 374 g/mol. The molecule has 2 atom stereocenters. The smallest absolute Gasteiger partial charge is 0.238 e. The molecule has 4 nitrogen and oxygen atoms in total. The SMILES string of the molecule is CCn1c2ccccc2c2cc(NC(=O)C34CCC(CC3=O)C4(C)C)ccc21. The van der Waals surface area contributed by atoms with Crippen molar-refractivity contribution in [1.82, 2.24) is 4.57 Å². The first-order valence-corrected chi connectivity index (χ1v) is 10.3. The normalized spacial score (nSPS) is 25.7. The van der Waals surface area contributed by atoms with Crippen LogP contribution in [0.5, 0.6) is 0 Å². The van der Waals surface area contributed by atoms with Crippen LogP contribution in [0.3, 0.4) is 0 Å². The molecule has 1 amide bonds. The summed E-state index contributed by atoms with van der Waals surface area (Å²) < 4.78 is 2.29. The molecule has 2 fully saturated rings. The van der Waals surface area contributed by atoms with Gasteiger partial charge < -0.3 is 9.88 Å². The van der Waals surface area contributed by atoms with E-state index < -0.39 is 5.41 Å². The Morgan fingerprint density at radius 2 is 1.89 bits per heavy atom. The number of rotatable bonds is 3. The summed E-state index contributed by atoms with van der Waals surface area (Å²) in [5.74, 6) is 0.326. The van der Waals surface area contributed by atoms with Gasteiger partial charge in [0.25, 0.3) is 0 Å². The van der Waals surface area contributed by atoms with E-state index in [0.29, 0.717) is 18.8 Å². The van der Waals surface area contributed by atoms with Gasteiger partial charge in [-0.15, -0.1) is 0 Å². The number of nitrogens with zero attached hydrogens (tertiary/aromatic N) is 1. The number of nitrogens with one attached hydrogen (secondary N) is 1. The zero-order valence-corrected chi connectivity index (χ0v) is 16.7. The van der Waals surface area contributed by atoms with Crippen LogP contribution in [0.2, 0.25) is 0 Å². The third-order valence-electron chi connectivity index (χ3n) is 7.63. The maximum absolute atomic E-state index is 13.3. The summed E-state index contributed by atoms with van der Waals surface area (Å²) in [5.41, 5.74) is 2.00. The van der Waals surface area contributed by atoms with Crippen molar-refractivity contribution in [3.63, 3.8) is 0 Å². The zero-order chi connectivity index (χ0) is 19.7. The first-order valence-electron chi connectivity index (χ1n) is 10.3. The molecule has 1 heterocycles. The fraction of sp³-hybridized carbons (Fsp3) is 0.417. The van der Waals surface area contributed by atoms with Gasteiger partial charge in [0.05, 0.1) is 0 Å². The molecule has 1 N–H and O–H groups in total. The summed E-state index contributed by atoms with van der Waals surface area (Å²) in [7, 11) is 0. The van der Waals surface area contributed by atoms with Crippen LogP contribution in [0.1, 0.15) is 40.0 Å². The maximum Gasteiger partial charge on any atom is 0.238 e. The van der Waals surface area contributed by atoms with Gasteiger partial charge in [0, 0.05) is 40.5 Å². The third kappa shape index (κ3) is 2.01. The Kier molecular flexibility index (Phi) is 3.55. The van der Waals surface area contributed by atoms with Crippen LogP contribution in [0.25, 0.3) is 21.8 Å². The Balaban J connectivity index is 1.57. The molecule has 2 unspecified atom stereocenters.